The number of hydrogen-bond donors (Lipinski definition) is 3. The maximum Gasteiger partial charge on any atom is 0.276 e. The van der Waals surface area contributed by atoms with E-state index < -0.39 is 0 Å². The zero-order valence-electron chi connectivity index (χ0n) is 15.7. The zero-order chi connectivity index (χ0) is 19.2. The minimum absolute atomic E-state index is 0.191. The lowest BCUT2D eigenvalue weighted by Gasteiger charge is -2.13. The van der Waals surface area contributed by atoms with Crippen LogP contribution in [-0.4, -0.2) is 29.3 Å². The number of rotatable bonds is 7. The summed E-state index contributed by atoms with van der Waals surface area (Å²) in [5.74, 6) is -0.191. The van der Waals surface area contributed by atoms with Crippen molar-refractivity contribution < 1.29 is 9.53 Å². The van der Waals surface area contributed by atoms with Gasteiger partial charge in [0.15, 0.2) is 5.69 Å². The maximum atomic E-state index is 12.6. The number of ether oxygens (including phenoxy) is 1. The molecule has 6 nitrogen and oxygen atoms in total. The van der Waals surface area contributed by atoms with Gasteiger partial charge in [-0.05, 0) is 29.7 Å². The van der Waals surface area contributed by atoms with E-state index in [0.717, 1.165) is 41.9 Å². The first-order valence-electron chi connectivity index (χ1n) is 9.58. The summed E-state index contributed by atoms with van der Waals surface area (Å²) >= 11 is 0. The first-order chi connectivity index (χ1) is 13.8. The SMILES string of the molecule is O=C(Nc1cccc(COCCc2ccccc2)c1)c1n[nH]c2c1CNCC2. The summed E-state index contributed by atoms with van der Waals surface area (Å²) in [5.41, 5.74) is 5.51. The van der Waals surface area contributed by atoms with Gasteiger partial charge in [0.2, 0.25) is 0 Å². The summed E-state index contributed by atoms with van der Waals surface area (Å²) < 4.78 is 5.79. The van der Waals surface area contributed by atoms with Crippen LogP contribution < -0.4 is 10.6 Å². The highest BCUT2D eigenvalue weighted by molar-refractivity contribution is 6.04. The molecule has 2 heterocycles. The zero-order valence-corrected chi connectivity index (χ0v) is 15.7. The van der Waals surface area contributed by atoms with E-state index in [-0.39, 0.29) is 5.91 Å². The van der Waals surface area contributed by atoms with Gasteiger partial charge in [-0.1, -0.05) is 42.5 Å². The van der Waals surface area contributed by atoms with Crippen LogP contribution in [0.2, 0.25) is 0 Å². The lowest BCUT2D eigenvalue weighted by Crippen LogP contribution is -2.25. The van der Waals surface area contributed by atoms with E-state index in [2.05, 4.69) is 33.0 Å². The lowest BCUT2D eigenvalue weighted by atomic mass is 10.1. The molecule has 6 heteroatoms. The average molecular weight is 376 g/mol. The van der Waals surface area contributed by atoms with Crippen LogP contribution in [0.1, 0.15) is 32.9 Å². The van der Waals surface area contributed by atoms with Crippen LogP contribution in [0.5, 0.6) is 0 Å². The minimum Gasteiger partial charge on any atom is -0.376 e. The summed E-state index contributed by atoms with van der Waals surface area (Å²) in [6.07, 6.45) is 1.75. The van der Waals surface area contributed by atoms with E-state index in [9.17, 15) is 4.79 Å². The Morgan fingerprint density at radius 2 is 1.96 bits per heavy atom. The molecule has 3 N–H and O–H groups in total. The fourth-order valence-corrected chi connectivity index (χ4v) is 3.37. The fraction of sp³-hybridized carbons (Fsp3) is 0.273. The molecule has 0 radical (unpaired) electrons. The Labute approximate surface area is 164 Å². The van der Waals surface area contributed by atoms with Crippen molar-refractivity contribution in [3.8, 4) is 0 Å². The van der Waals surface area contributed by atoms with Gasteiger partial charge in [-0.2, -0.15) is 5.10 Å². The molecule has 0 spiro atoms. The van der Waals surface area contributed by atoms with E-state index in [4.69, 9.17) is 4.74 Å². The predicted molar refractivity (Wildman–Crippen MR) is 108 cm³/mol. The number of nitrogens with zero attached hydrogens (tertiary/aromatic N) is 1. The molecule has 144 valence electrons. The van der Waals surface area contributed by atoms with Crippen molar-refractivity contribution in [1.82, 2.24) is 15.5 Å². The summed E-state index contributed by atoms with van der Waals surface area (Å²) in [7, 11) is 0. The number of carbonyl (C=O) groups is 1. The number of carbonyl (C=O) groups excluding carboxylic acids is 1. The molecule has 1 aliphatic rings. The van der Waals surface area contributed by atoms with Crippen LogP contribution in [0.4, 0.5) is 5.69 Å². The van der Waals surface area contributed by atoms with E-state index in [1.165, 1.54) is 5.56 Å². The Bertz CT molecular complexity index is 937. The Balaban J connectivity index is 1.32. The van der Waals surface area contributed by atoms with Crippen LogP contribution >= 0.6 is 0 Å². The van der Waals surface area contributed by atoms with E-state index in [1.807, 2.05) is 42.5 Å². The number of hydrogen-bond acceptors (Lipinski definition) is 4. The van der Waals surface area contributed by atoms with Crippen molar-refractivity contribution in [2.75, 3.05) is 18.5 Å². The molecule has 0 saturated heterocycles. The Hall–Kier alpha value is -2.96. The molecule has 0 aliphatic carbocycles. The highest BCUT2D eigenvalue weighted by Gasteiger charge is 2.21. The van der Waals surface area contributed by atoms with Gasteiger partial charge in [0.25, 0.3) is 5.91 Å². The number of aromatic nitrogens is 2. The summed E-state index contributed by atoms with van der Waals surface area (Å²) in [5, 5.41) is 13.4. The minimum atomic E-state index is -0.191. The van der Waals surface area contributed by atoms with E-state index >= 15 is 0 Å². The molecule has 1 aromatic heterocycles. The van der Waals surface area contributed by atoms with Crippen molar-refractivity contribution in [1.29, 1.82) is 0 Å². The maximum absolute atomic E-state index is 12.6. The Morgan fingerprint density at radius 1 is 1.11 bits per heavy atom. The predicted octanol–water partition coefficient (Wildman–Crippen LogP) is 3.07. The molecule has 1 aliphatic heterocycles. The Morgan fingerprint density at radius 3 is 2.86 bits per heavy atom. The third kappa shape index (κ3) is 4.47. The van der Waals surface area contributed by atoms with Crippen LogP contribution in [0.25, 0.3) is 0 Å². The van der Waals surface area contributed by atoms with Gasteiger partial charge in [-0.3, -0.25) is 9.89 Å². The highest BCUT2D eigenvalue weighted by atomic mass is 16.5. The molecule has 3 aromatic rings. The number of amides is 1. The normalized spacial score (nSPS) is 13.1. The number of nitrogens with one attached hydrogen (secondary N) is 3. The smallest absolute Gasteiger partial charge is 0.276 e. The number of benzene rings is 2. The van der Waals surface area contributed by atoms with Gasteiger partial charge >= 0.3 is 0 Å². The summed E-state index contributed by atoms with van der Waals surface area (Å²) in [4.78, 5) is 12.6. The second-order valence-electron chi connectivity index (χ2n) is 6.90. The van der Waals surface area contributed by atoms with Gasteiger partial charge in [-0.15, -0.1) is 0 Å². The van der Waals surface area contributed by atoms with E-state index in [1.54, 1.807) is 0 Å². The fourth-order valence-electron chi connectivity index (χ4n) is 3.37. The third-order valence-electron chi connectivity index (χ3n) is 4.85. The highest BCUT2D eigenvalue weighted by Crippen LogP contribution is 2.18. The molecular formula is C22H24N4O2. The van der Waals surface area contributed by atoms with Crippen molar-refractivity contribution in [2.24, 2.45) is 0 Å². The third-order valence-corrected chi connectivity index (χ3v) is 4.85. The van der Waals surface area contributed by atoms with Gasteiger partial charge < -0.3 is 15.4 Å². The first-order valence-corrected chi connectivity index (χ1v) is 9.58. The topological polar surface area (TPSA) is 79.0 Å². The molecular weight excluding hydrogens is 352 g/mol. The van der Waals surface area contributed by atoms with Crippen LogP contribution in [0, 0.1) is 0 Å². The van der Waals surface area contributed by atoms with Crippen LogP contribution in [0.3, 0.4) is 0 Å². The number of H-pyrrole nitrogens is 1. The molecule has 2 aromatic carbocycles. The summed E-state index contributed by atoms with van der Waals surface area (Å²) in [6, 6.07) is 18.0. The Kier molecular flexibility index (Phi) is 5.80. The monoisotopic (exact) mass is 376 g/mol. The largest absolute Gasteiger partial charge is 0.376 e. The quantitative estimate of drug-likeness (QED) is 0.554. The van der Waals surface area contributed by atoms with Gasteiger partial charge in [0.05, 0.1) is 13.2 Å². The molecule has 0 saturated carbocycles. The standard InChI is InChI=1S/C22H24N4O2/c27-22(21-19-14-23-11-9-20(19)25-26-21)24-18-8-4-7-17(13-18)15-28-12-10-16-5-2-1-3-6-16/h1-8,13,23H,9-12,14-15H2,(H,24,27)(H,25,26). The molecule has 4 rings (SSSR count). The van der Waals surface area contributed by atoms with Gasteiger partial charge in [0.1, 0.15) is 0 Å². The van der Waals surface area contributed by atoms with Crippen molar-refractivity contribution in [2.45, 2.75) is 26.0 Å². The molecule has 0 fully saturated rings. The molecule has 0 unspecified atom stereocenters. The number of fused-ring (bicyclic) bond motifs is 1. The first kappa shape index (κ1) is 18.4. The molecule has 1 amide bonds. The van der Waals surface area contributed by atoms with E-state index in [0.29, 0.717) is 25.5 Å². The second-order valence-corrected chi connectivity index (χ2v) is 6.90. The molecule has 0 atom stereocenters. The van der Waals surface area contributed by atoms with Crippen LogP contribution in [0.15, 0.2) is 54.6 Å². The second kappa shape index (κ2) is 8.82. The van der Waals surface area contributed by atoms with Crippen molar-refractivity contribution >= 4 is 11.6 Å². The van der Waals surface area contributed by atoms with Crippen molar-refractivity contribution in [3.63, 3.8) is 0 Å². The number of anilines is 1. The molecule has 0 bridgehead atoms. The van der Waals surface area contributed by atoms with Crippen LogP contribution in [-0.2, 0) is 30.7 Å². The lowest BCUT2D eigenvalue weighted by molar-refractivity contribution is 0.102. The van der Waals surface area contributed by atoms with Gasteiger partial charge in [-0.25, -0.2) is 0 Å². The molecule has 28 heavy (non-hydrogen) atoms. The van der Waals surface area contributed by atoms with Crippen molar-refractivity contribution in [3.05, 3.63) is 82.7 Å². The average Bonchev–Trinajstić information content (AvgIpc) is 3.17. The number of aromatic amines is 1. The summed E-state index contributed by atoms with van der Waals surface area (Å²) in [6.45, 7) is 2.75. The van der Waals surface area contributed by atoms with Gasteiger partial charge in [0, 0.05) is 36.5 Å².